The predicted octanol–water partition coefficient (Wildman–Crippen LogP) is 0.893. The first-order valence-corrected chi connectivity index (χ1v) is 3.75. The number of rotatable bonds is 2. The second-order valence-electron chi connectivity index (χ2n) is 2.43. The summed E-state index contributed by atoms with van der Waals surface area (Å²) in [5, 5.41) is 8.98. The van der Waals surface area contributed by atoms with E-state index in [2.05, 4.69) is 15.5 Å². The van der Waals surface area contributed by atoms with Crippen molar-refractivity contribution in [2.24, 2.45) is 0 Å². The van der Waals surface area contributed by atoms with Crippen LogP contribution in [-0.4, -0.2) is 34.7 Å². The molecule has 0 spiro atoms. The van der Waals surface area contributed by atoms with Crippen LogP contribution in [0.15, 0.2) is 12.4 Å². The van der Waals surface area contributed by atoms with E-state index in [1.807, 2.05) is 6.92 Å². The van der Waals surface area contributed by atoms with Crippen molar-refractivity contribution in [1.82, 2.24) is 15.1 Å². The Labute approximate surface area is 70.8 Å². The fourth-order valence-corrected chi connectivity index (χ4v) is 0.682. The number of urea groups is 1. The van der Waals surface area contributed by atoms with E-state index in [9.17, 15) is 4.79 Å². The van der Waals surface area contributed by atoms with Crippen molar-refractivity contribution >= 4 is 11.7 Å². The van der Waals surface area contributed by atoms with Crippen LogP contribution in [-0.2, 0) is 0 Å². The van der Waals surface area contributed by atoms with Gasteiger partial charge in [0.25, 0.3) is 0 Å². The zero-order valence-electron chi connectivity index (χ0n) is 7.16. The molecule has 0 saturated carbocycles. The summed E-state index contributed by atoms with van der Waals surface area (Å²) < 4.78 is 0. The van der Waals surface area contributed by atoms with Crippen molar-refractivity contribution in [2.45, 2.75) is 6.92 Å². The van der Waals surface area contributed by atoms with Crippen molar-refractivity contribution in [2.75, 3.05) is 18.9 Å². The van der Waals surface area contributed by atoms with E-state index in [0.717, 1.165) is 0 Å². The number of nitrogens with zero attached hydrogens (tertiary/aromatic N) is 2. The van der Waals surface area contributed by atoms with Crippen LogP contribution in [0, 0.1) is 0 Å². The van der Waals surface area contributed by atoms with Crippen LogP contribution in [0.2, 0.25) is 0 Å². The van der Waals surface area contributed by atoms with Gasteiger partial charge < -0.3 is 10.2 Å². The summed E-state index contributed by atoms with van der Waals surface area (Å²) in [7, 11) is 1.73. The van der Waals surface area contributed by atoms with Crippen LogP contribution in [0.5, 0.6) is 0 Å². The normalized spacial score (nSPS) is 9.50. The summed E-state index contributed by atoms with van der Waals surface area (Å²) in [6, 6.07) is -0.126. The Morgan fingerprint density at radius 2 is 2.58 bits per heavy atom. The first-order valence-electron chi connectivity index (χ1n) is 3.75. The number of aromatic amines is 1. The van der Waals surface area contributed by atoms with Crippen LogP contribution < -0.4 is 5.32 Å². The first kappa shape index (κ1) is 8.58. The summed E-state index contributed by atoms with van der Waals surface area (Å²) in [4.78, 5) is 12.8. The molecule has 1 aromatic rings. The van der Waals surface area contributed by atoms with Crippen molar-refractivity contribution < 1.29 is 4.79 Å². The van der Waals surface area contributed by atoms with Crippen LogP contribution in [0.1, 0.15) is 6.92 Å². The molecule has 1 heterocycles. The number of carbonyl (C=O) groups is 1. The molecule has 0 aromatic carbocycles. The molecule has 0 unspecified atom stereocenters. The Bertz CT molecular complexity index is 244. The molecule has 12 heavy (non-hydrogen) atoms. The fraction of sp³-hybridized carbons (Fsp3) is 0.429. The van der Waals surface area contributed by atoms with Crippen molar-refractivity contribution in [3.05, 3.63) is 12.4 Å². The third-order valence-corrected chi connectivity index (χ3v) is 1.57. The SMILES string of the molecule is CCN(C)C(=O)Nc1cn[nH]c1. The van der Waals surface area contributed by atoms with Gasteiger partial charge >= 0.3 is 6.03 Å². The minimum absolute atomic E-state index is 0.126. The van der Waals surface area contributed by atoms with Gasteiger partial charge in [-0.1, -0.05) is 0 Å². The van der Waals surface area contributed by atoms with E-state index in [1.54, 1.807) is 24.3 Å². The maximum atomic E-state index is 11.2. The first-order chi connectivity index (χ1) is 5.74. The number of hydrogen-bond acceptors (Lipinski definition) is 2. The standard InChI is InChI=1S/C7H12N4O/c1-3-11(2)7(12)10-6-4-8-9-5-6/h4-5H,3H2,1-2H3,(H,8,9)(H,10,12). The summed E-state index contributed by atoms with van der Waals surface area (Å²) in [6.45, 7) is 2.60. The minimum Gasteiger partial charge on any atom is -0.328 e. The molecule has 0 saturated heterocycles. The monoisotopic (exact) mass is 168 g/mol. The lowest BCUT2D eigenvalue weighted by molar-refractivity contribution is 0.224. The molecule has 66 valence electrons. The minimum atomic E-state index is -0.126. The largest absolute Gasteiger partial charge is 0.328 e. The van der Waals surface area contributed by atoms with Gasteiger partial charge in [-0.3, -0.25) is 5.10 Å². The quantitative estimate of drug-likeness (QED) is 0.689. The second-order valence-corrected chi connectivity index (χ2v) is 2.43. The molecule has 2 amide bonds. The lowest BCUT2D eigenvalue weighted by atomic mass is 10.5. The Balaban J connectivity index is 2.47. The molecule has 1 aromatic heterocycles. The van der Waals surface area contributed by atoms with Gasteiger partial charge in [-0.15, -0.1) is 0 Å². The molecule has 1 rings (SSSR count). The molecule has 2 N–H and O–H groups in total. The fourth-order valence-electron chi connectivity index (χ4n) is 0.682. The van der Waals surface area contributed by atoms with Gasteiger partial charge in [0, 0.05) is 19.8 Å². The highest BCUT2D eigenvalue weighted by Crippen LogP contribution is 2.01. The number of carbonyl (C=O) groups excluding carboxylic acids is 1. The molecule has 5 nitrogen and oxygen atoms in total. The number of H-pyrrole nitrogens is 1. The number of amides is 2. The molecule has 0 radical (unpaired) electrons. The van der Waals surface area contributed by atoms with Crippen LogP contribution in [0.25, 0.3) is 0 Å². The summed E-state index contributed by atoms with van der Waals surface area (Å²) in [5.74, 6) is 0. The zero-order chi connectivity index (χ0) is 8.97. The predicted molar refractivity (Wildman–Crippen MR) is 45.9 cm³/mol. The van der Waals surface area contributed by atoms with E-state index in [0.29, 0.717) is 12.2 Å². The van der Waals surface area contributed by atoms with Crippen LogP contribution in [0.4, 0.5) is 10.5 Å². The smallest absolute Gasteiger partial charge is 0.321 e. The second kappa shape index (κ2) is 3.75. The Hall–Kier alpha value is -1.52. The van der Waals surface area contributed by atoms with E-state index in [-0.39, 0.29) is 6.03 Å². The highest BCUT2D eigenvalue weighted by atomic mass is 16.2. The number of nitrogens with one attached hydrogen (secondary N) is 2. The van der Waals surface area contributed by atoms with E-state index < -0.39 is 0 Å². The molecule has 0 atom stereocenters. The van der Waals surface area contributed by atoms with Gasteiger partial charge in [-0.25, -0.2) is 4.79 Å². The Kier molecular flexibility index (Phi) is 2.68. The van der Waals surface area contributed by atoms with Gasteiger partial charge in [0.15, 0.2) is 0 Å². The van der Waals surface area contributed by atoms with E-state index in [1.165, 1.54) is 0 Å². The summed E-state index contributed by atoms with van der Waals surface area (Å²) >= 11 is 0. The third kappa shape index (κ3) is 1.98. The molecule has 0 bridgehead atoms. The number of hydrogen-bond donors (Lipinski definition) is 2. The molecule has 0 aliphatic carbocycles. The number of anilines is 1. The summed E-state index contributed by atoms with van der Waals surface area (Å²) in [6.07, 6.45) is 3.18. The Morgan fingerprint density at radius 3 is 3.08 bits per heavy atom. The molecular weight excluding hydrogens is 156 g/mol. The molecule has 0 aliphatic rings. The van der Waals surface area contributed by atoms with Gasteiger partial charge in [0.2, 0.25) is 0 Å². The van der Waals surface area contributed by atoms with Gasteiger partial charge in [0.1, 0.15) is 0 Å². The maximum Gasteiger partial charge on any atom is 0.321 e. The van der Waals surface area contributed by atoms with Crippen molar-refractivity contribution in [3.63, 3.8) is 0 Å². The van der Waals surface area contributed by atoms with E-state index in [4.69, 9.17) is 0 Å². The lowest BCUT2D eigenvalue weighted by Crippen LogP contribution is -2.30. The lowest BCUT2D eigenvalue weighted by Gasteiger charge is -2.13. The van der Waals surface area contributed by atoms with Crippen LogP contribution >= 0.6 is 0 Å². The van der Waals surface area contributed by atoms with E-state index >= 15 is 0 Å². The molecule has 0 aliphatic heterocycles. The molecule has 0 fully saturated rings. The van der Waals surface area contributed by atoms with Crippen LogP contribution in [0.3, 0.4) is 0 Å². The summed E-state index contributed by atoms with van der Waals surface area (Å²) in [5.41, 5.74) is 0.681. The Morgan fingerprint density at radius 1 is 1.83 bits per heavy atom. The highest BCUT2D eigenvalue weighted by Gasteiger charge is 2.05. The molecular formula is C7H12N4O. The van der Waals surface area contributed by atoms with Crippen molar-refractivity contribution in [1.29, 1.82) is 0 Å². The maximum absolute atomic E-state index is 11.2. The molecule has 5 heteroatoms. The van der Waals surface area contributed by atoms with Gasteiger partial charge in [-0.2, -0.15) is 5.10 Å². The van der Waals surface area contributed by atoms with Gasteiger partial charge in [0.05, 0.1) is 11.9 Å². The number of aromatic nitrogens is 2. The van der Waals surface area contributed by atoms with Gasteiger partial charge in [-0.05, 0) is 6.92 Å². The average Bonchev–Trinajstić information content (AvgIpc) is 2.55. The van der Waals surface area contributed by atoms with Crippen molar-refractivity contribution in [3.8, 4) is 0 Å². The average molecular weight is 168 g/mol. The zero-order valence-corrected chi connectivity index (χ0v) is 7.16. The topological polar surface area (TPSA) is 61.0 Å². The third-order valence-electron chi connectivity index (χ3n) is 1.57. The highest BCUT2D eigenvalue weighted by molar-refractivity contribution is 5.88.